The number of rotatable bonds is 4. The van der Waals surface area contributed by atoms with Gasteiger partial charge in [-0.2, -0.15) is 0 Å². The third kappa shape index (κ3) is 3.99. The Morgan fingerprint density at radius 1 is 1.25 bits per heavy atom. The van der Waals surface area contributed by atoms with Crippen molar-refractivity contribution in [3.05, 3.63) is 33.6 Å². The van der Waals surface area contributed by atoms with E-state index in [9.17, 15) is 4.39 Å². The number of nitrogens with one attached hydrogen (secondary N) is 1. The van der Waals surface area contributed by atoms with E-state index in [1.54, 1.807) is 6.07 Å². The fraction of sp³-hybridized carbons (Fsp3) is 0.571. The molecule has 0 saturated carbocycles. The van der Waals surface area contributed by atoms with Crippen molar-refractivity contribution in [1.29, 1.82) is 0 Å². The molecule has 1 aromatic carbocycles. The molecule has 6 heteroatoms. The van der Waals surface area contributed by atoms with Gasteiger partial charge in [0.1, 0.15) is 5.82 Å². The van der Waals surface area contributed by atoms with Crippen LogP contribution in [0, 0.1) is 5.82 Å². The highest BCUT2D eigenvalue weighted by Crippen LogP contribution is 2.36. The van der Waals surface area contributed by atoms with Crippen LogP contribution in [-0.2, 0) is 0 Å². The van der Waals surface area contributed by atoms with Crippen LogP contribution in [-0.4, -0.2) is 31.1 Å². The molecule has 2 nitrogen and oxygen atoms in total. The predicted octanol–water partition coefficient (Wildman–Crippen LogP) is 4.30. The van der Waals surface area contributed by atoms with E-state index in [2.05, 4.69) is 17.1 Å². The van der Waals surface area contributed by atoms with Crippen molar-refractivity contribution >= 4 is 35.6 Å². The van der Waals surface area contributed by atoms with Gasteiger partial charge < -0.3 is 5.32 Å². The van der Waals surface area contributed by atoms with Crippen LogP contribution < -0.4 is 5.32 Å². The van der Waals surface area contributed by atoms with E-state index < -0.39 is 0 Å². The molecule has 0 aliphatic carbocycles. The lowest BCUT2D eigenvalue weighted by atomic mass is 9.99. The minimum atomic E-state index is -0.369. The predicted molar refractivity (Wildman–Crippen MR) is 85.8 cm³/mol. The third-order valence-corrected chi connectivity index (χ3v) is 4.19. The standard InChI is InChI=1S/C14H19Cl2FN2.ClH/c1-2-3-12(19-8-6-18-7-9-19)13-10(15)4-5-11(16)14(13)17;/h4-5,12,18H,2-3,6-9H2,1H3;1H/t12-;/m0./s1. The van der Waals surface area contributed by atoms with Gasteiger partial charge in [-0.3, -0.25) is 4.90 Å². The normalized spacial score (nSPS) is 17.6. The summed E-state index contributed by atoms with van der Waals surface area (Å²) in [4.78, 5) is 2.29. The molecule has 1 aliphatic rings. The van der Waals surface area contributed by atoms with Gasteiger partial charge >= 0.3 is 0 Å². The molecule has 1 N–H and O–H groups in total. The first-order chi connectivity index (χ1) is 9.15. The maximum Gasteiger partial charge on any atom is 0.148 e. The topological polar surface area (TPSA) is 15.3 Å². The van der Waals surface area contributed by atoms with Gasteiger partial charge in [0.25, 0.3) is 0 Å². The van der Waals surface area contributed by atoms with Crippen LogP contribution in [0.15, 0.2) is 12.1 Å². The van der Waals surface area contributed by atoms with Crippen molar-refractivity contribution in [3.8, 4) is 0 Å². The molecule has 114 valence electrons. The van der Waals surface area contributed by atoms with E-state index in [-0.39, 0.29) is 29.3 Å². The minimum absolute atomic E-state index is 0. The molecule has 0 amide bonds. The Morgan fingerprint density at radius 3 is 2.45 bits per heavy atom. The van der Waals surface area contributed by atoms with Crippen molar-refractivity contribution < 1.29 is 4.39 Å². The molecule has 1 saturated heterocycles. The van der Waals surface area contributed by atoms with Crippen molar-refractivity contribution in [3.63, 3.8) is 0 Å². The molecule has 0 unspecified atom stereocenters. The molecule has 1 fully saturated rings. The zero-order valence-electron chi connectivity index (χ0n) is 11.5. The van der Waals surface area contributed by atoms with E-state index in [0.29, 0.717) is 10.6 Å². The number of halogens is 4. The molecule has 1 aliphatic heterocycles. The zero-order chi connectivity index (χ0) is 13.8. The molecule has 1 aromatic rings. The highest BCUT2D eigenvalue weighted by Gasteiger charge is 2.27. The molecule has 20 heavy (non-hydrogen) atoms. The Balaban J connectivity index is 0.00000200. The van der Waals surface area contributed by atoms with E-state index in [4.69, 9.17) is 23.2 Å². The zero-order valence-corrected chi connectivity index (χ0v) is 13.8. The average molecular weight is 342 g/mol. The fourth-order valence-electron chi connectivity index (χ4n) is 2.62. The monoisotopic (exact) mass is 340 g/mol. The Labute approximate surface area is 136 Å². The third-order valence-electron chi connectivity index (χ3n) is 3.57. The van der Waals surface area contributed by atoms with Crippen LogP contribution >= 0.6 is 35.6 Å². The Bertz CT molecular complexity index is 437. The van der Waals surface area contributed by atoms with Gasteiger partial charge in [0.2, 0.25) is 0 Å². The second kappa shape index (κ2) is 8.40. The minimum Gasteiger partial charge on any atom is -0.314 e. The second-order valence-electron chi connectivity index (χ2n) is 4.85. The Kier molecular flexibility index (Phi) is 7.56. The Morgan fingerprint density at radius 2 is 1.85 bits per heavy atom. The van der Waals surface area contributed by atoms with E-state index in [1.807, 2.05) is 0 Å². The molecule has 1 atom stereocenters. The van der Waals surface area contributed by atoms with Gasteiger partial charge in [0, 0.05) is 42.8 Å². The van der Waals surface area contributed by atoms with Crippen LogP contribution in [0.1, 0.15) is 31.4 Å². The lowest BCUT2D eigenvalue weighted by Crippen LogP contribution is -2.45. The van der Waals surface area contributed by atoms with Gasteiger partial charge in [0.15, 0.2) is 0 Å². The first kappa shape index (κ1) is 18.0. The van der Waals surface area contributed by atoms with Gasteiger partial charge in [-0.15, -0.1) is 12.4 Å². The molecule has 0 spiro atoms. The molecular formula is C14H20Cl3FN2. The fourth-order valence-corrected chi connectivity index (χ4v) is 3.06. The summed E-state index contributed by atoms with van der Waals surface area (Å²) in [7, 11) is 0. The molecule has 0 aromatic heterocycles. The van der Waals surface area contributed by atoms with Gasteiger partial charge in [0.05, 0.1) is 5.02 Å². The summed E-state index contributed by atoms with van der Waals surface area (Å²) in [5.74, 6) is -0.369. The van der Waals surface area contributed by atoms with Crippen molar-refractivity contribution in [1.82, 2.24) is 10.2 Å². The van der Waals surface area contributed by atoms with Crippen LogP contribution in [0.3, 0.4) is 0 Å². The molecule has 2 rings (SSSR count). The van der Waals surface area contributed by atoms with Gasteiger partial charge in [-0.05, 0) is 18.6 Å². The van der Waals surface area contributed by atoms with Crippen LogP contribution in [0.2, 0.25) is 10.0 Å². The first-order valence-corrected chi connectivity index (χ1v) is 7.49. The van der Waals surface area contributed by atoms with Gasteiger partial charge in [-0.25, -0.2) is 4.39 Å². The molecular weight excluding hydrogens is 322 g/mol. The highest BCUT2D eigenvalue weighted by molar-refractivity contribution is 6.33. The van der Waals surface area contributed by atoms with Crippen LogP contribution in [0.5, 0.6) is 0 Å². The average Bonchev–Trinajstić information content (AvgIpc) is 2.43. The summed E-state index contributed by atoms with van der Waals surface area (Å²) in [5, 5.41) is 3.93. The lowest BCUT2D eigenvalue weighted by Gasteiger charge is -2.35. The van der Waals surface area contributed by atoms with Crippen LogP contribution in [0.4, 0.5) is 4.39 Å². The Hall–Kier alpha value is -0.0600. The number of benzene rings is 1. The summed E-state index contributed by atoms with van der Waals surface area (Å²) in [6.07, 6.45) is 1.87. The van der Waals surface area contributed by atoms with Gasteiger partial charge in [-0.1, -0.05) is 36.5 Å². The van der Waals surface area contributed by atoms with Crippen molar-refractivity contribution in [2.24, 2.45) is 0 Å². The molecule has 1 heterocycles. The summed E-state index contributed by atoms with van der Waals surface area (Å²) in [6.45, 7) is 5.78. The molecule has 0 radical (unpaired) electrons. The maximum atomic E-state index is 14.3. The van der Waals surface area contributed by atoms with Crippen LogP contribution in [0.25, 0.3) is 0 Å². The largest absolute Gasteiger partial charge is 0.314 e. The number of hydrogen-bond acceptors (Lipinski definition) is 2. The number of piperazine rings is 1. The number of nitrogens with zero attached hydrogens (tertiary/aromatic N) is 1. The summed E-state index contributed by atoms with van der Waals surface area (Å²) < 4.78 is 14.3. The quantitative estimate of drug-likeness (QED) is 0.821. The van der Waals surface area contributed by atoms with E-state index in [1.165, 1.54) is 6.07 Å². The van der Waals surface area contributed by atoms with E-state index in [0.717, 1.165) is 39.0 Å². The number of hydrogen-bond donors (Lipinski definition) is 1. The van der Waals surface area contributed by atoms with E-state index >= 15 is 0 Å². The first-order valence-electron chi connectivity index (χ1n) is 6.73. The smallest absolute Gasteiger partial charge is 0.148 e. The highest BCUT2D eigenvalue weighted by atomic mass is 35.5. The second-order valence-corrected chi connectivity index (χ2v) is 5.66. The van der Waals surface area contributed by atoms with Crippen molar-refractivity contribution in [2.45, 2.75) is 25.8 Å². The maximum absolute atomic E-state index is 14.3. The SMILES string of the molecule is CCC[C@@H](c1c(Cl)ccc(Cl)c1F)N1CCNCC1.Cl. The summed E-state index contributed by atoms with van der Waals surface area (Å²) in [5.41, 5.74) is 0.554. The van der Waals surface area contributed by atoms with Crippen molar-refractivity contribution in [2.75, 3.05) is 26.2 Å². The molecule has 0 bridgehead atoms. The lowest BCUT2D eigenvalue weighted by molar-refractivity contribution is 0.161. The summed E-state index contributed by atoms with van der Waals surface area (Å²) in [6, 6.07) is 3.22. The summed E-state index contributed by atoms with van der Waals surface area (Å²) >= 11 is 12.1.